The molecule has 114 valence electrons. The normalized spacial score (nSPS) is 14.3. The smallest absolute Gasteiger partial charge is 0.312 e. The number of hydrogen-bond donors (Lipinski definition) is 2. The summed E-state index contributed by atoms with van der Waals surface area (Å²) < 4.78 is 5.30. The zero-order chi connectivity index (χ0) is 15.2. The van der Waals surface area contributed by atoms with Gasteiger partial charge in [0, 0.05) is 36.6 Å². The number of carbonyl (C=O) groups is 1. The van der Waals surface area contributed by atoms with Crippen molar-refractivity contribution in [2.24, 2.45) is 5.92 Å². The van der Waals surface area contributed by atoms with Crippen LogP contribution in [0.25, 0.3) is 0 Å². The second-order valence-electron chi connectivity index (χ2n) is 4.80. The van der Waals surface area contributed by atoms with E-state index in [9.17, 15) is 14.9 Å². The van der Waals surface area contributed by atoms with E-state index in [4.69, 9.17) is 16.3 Å². The molecule has 0 atom stereocenters. The average Bonchev–Trinajstić information content (AvgIpc) is 2.38. The van der Waals surface area contributed by atoms with Crippen LogP contribution in [-0.4, -0.2) is 37.1 Å². The number of benzene rings is 1. The maximum atomic E-state index is 11.6. The highest BCUT2D eigenvalue weighted by Gasteiger charge is 2.18. The molecule has 1 saturated heterocycles. The molecule has 2 rings (SSSR count). The third-order valence-corrected chi connectivity index (χ3v) is 3.39. The quantitative estimate of drug-likeness (QED) is 0.585. The Bertz CT molecular complexity index is 534. The summed E-state index contributed by atoms with van der Waals surface area (Å²) in [7, 11) is 0. The summed E-state index contributed by atoms with van der Waals surface area (Å²) in [6.45, 7) is 2.58. The topological polar surface area (TPSA) is 93.5 Å². The van der Waals surface area contributed by atoms with Crippen molar-refractivity contribution in [2.45, 2.75) is 6.42 Å². The zero-order valence-electron chi connectivity index (χ0n) is 11.3. The predicted molar refractivity (Wildman–Crippen MR) is 77.6 cm³/mol. The van der Waals surface area contributed by atoms with Crippen molar-refractivity contribution < 1.29 is 14.5 Å². The van der Waals surface area contributed by atoms with Crippen LogP contribution in [0.1, 0.15) is 6.42 Å². The number of hydrogen-bond acceptors (Lipinski definition) is 5. The highest BCUT2D eigenvalue weighted by Crippen LogP contribution is 2.29. The van der Waals surface area contributed by atoms with Crippen LogP contribution in [0.3, 0.4) is 0 Å². The van der Waals surface area contributed by atoms with Gasteiger partial charge in [-0.2, -0.15) is 0 Å². The van der Waals surface area contributed by atoms with E-state index in [2.05, 4.69) is 10.6 Å². The van der Waals surface area contributed by atoms with E-state index in [1.54, 1.807) is 0 Å². The summed E-state index contributed by atoms with van der Waals surface area (Å²) >= 11 is 5.71. The van der Waals surface area contributed by atoms with E-state index in [1.807, 2.05) is 0 Å². The van der Waals surface area contributed by atoms with Crippen LogP contribution in [0.2, 0.25) is 5.02 Å². The lowest BCUT2D eigenvalue weighted by atomic mass is 10.0. The number of nitro benzene ring substituents is 1. The minimum absolute atomic E-state index is 0.0806. The Kier molecular flexibility index (Phi) is 5.35. The third-order valence-electron chi connectivity index (χ3n) is 3.16. The molecule has 1 heterocycles. The zero-order valence-corrected chi connectivity index (χ0v) is 12.1. The molecule has 2 N–H and O–H groups in total. The van der Waals surface area contributed by atoms with Crippen molar-refractivity contribution in [3.8, 4) is 5.75 Å². The van der Waals surface area contributed by atoms with Crippen molar-refractivity contribution in [1.82, 2.24) is 10.6 Å². The second kappa shape index (κ2) is 7.24. The Balaban J connectivity index is 1.77. The van der Waals surface area contributed by atoms with Crippen LogP contribution in [0.5, 0.6) is 5.75 Å². The third kappa shape index (κ3) is 4.57. The Morgan fingerprint density at radius 1 is 1.52 bits per heavy atom. The first-order valence-electron chi connectivity index (χ1n) is 6.60. The summed E-state index contributed by atoms with van der Waals surface area (Å²) in [5.74, 6) is 0.478. The van der Waals surface area contributed by atoms with Gasteiger partial charge in [0.15, 0.2) is 5.75 Å². The molecule has 0 aromatic heterocycles. The first kappa shape index (κ1) is 15.5. The highest BCUT2D eigenvalue weighted by atomic mass is 35.5. The molecular weight excluding hydrogens is 298 g/mol. The van der Waals surface area contributed by atoms with Crippen LogP contribution in [-0.2, 0) is 4.79 Å². The van der Waals surface area contributed by atoms with Crippen LogP contribution < -0.4 is 15.4 Å². The van der Waals surface area contributed by atoms with Gasteiger partial charge in [0.25, 0.3) is 0 Å². The monoisotopic (exact) mass is 313 g/mol. The molecule has 7 nitrogen and oxygen atoms in total. The van der Waals surface area contributed by atoms with E-state index >= 15 is 0 Å². The van der Waals surface area contributed by atoms with Gasteiger partial charge in [-0.15, -0.1) is 0 Å². The van der Waals surface area contributed by atoms with E-state index in [0.29, 0.717) is 12.5 Å². The highest BCUT2D eigenvalue weighted by molar-refractivity contribution is 6.30. The standard InChI is InChI=1S/C13H16ClN3O4/c14-10-1-2-12(11(5-10)17(19)20)21-4-3-13(18)16-8-9-6-15-7-9/h1-2,5,9,15H,3-4,6-8H2,(H,16,18). The van der Waals surface area contributed by atoms with Gasteiger partial charge < -0.3 is 15.4 Å². The molecule has 1 aromatic rings. The molecule has 1 fully saturated rings. The molecule has 1 aliphatic heterocycles. The maximum absolute atomic E-state index is 11.6. The van der Waals surface area contributed by atoms with Crippen molar-refractivity contribution in [1.29, 1.82) is 0 Å². The first-order chi connectivity index (χ1) is 10.1. The molecular formula is C13H16ClN3O4. The van der Waals surface area contributed by atoms with Crippen LogP contribution >= 0.6 is 11.6 Å². The van der Waals surface area contributed by atoms with Gasteiger partial charge >= 0.3 is 5.69 Å². The average molecular weight is 314 g/mol. The molecule has 0 unspecified atom stereocenters. The number of ether oxygens (including phenoxy) is 1. The van der Waals surface area contributed by atoms with Gasteiger partial charge in [0.05, 0.1) is 18.0 Å². The summed E-state index contributed by atoms with van der Waals surface area (Å²) in [4.78, 5) is 21.9. The molecule has 0 spiro atoms. The fraction of sp³-hybridized carbons (Fsp3) is 0.462. The number of rotatable bonds is 7. The lowest BCUT2D eigenvalue weighted by Gasteiger charge is -2.27. The van der Waals surface area contributed by atoms with Gasteiger partial charge in [-0.05, 0) is 12.1 Å². The van der Waals surface area contributed by atoms with E-state index in [-0.39, 0.29) is 35.4 Å². The second-order valence-corrected chi connectivity index (χ2v) is 5.23. The number of nitro groups is 1. The molecule has 8 heteroatoms. The minimum Gasteiger partial charge on any atom is -0.486 e. The SMILES string of the molecule is O=C(CCOc1ccc(Cl)cc1[N+](=O)[O-])NCC1CNC1. The van der Waals surface area contributed by atoms with E-state index in [1.165, 1.54) is 18.2 Å². The Morgan fingerprint density at radius 2 is 2.29 bits per heavy atom. The first-order valence-corrected chi connectivity index (χ1v) is 6.98. The Labute approximate surface area is 126 Å². The van der Waals surface area contributed by atoms with Crippen molar-refractivity contribution >= 4 is 23.2 Å². The largest absolute Gasteiger partial charge is 0.486 e. The summed E-state index contributed by atoms with van der Waals surface area (Å²) in [5, 5.41) is 17.1. The number of carbonyl (C=O) groups excluding carboxylic acids is 1. The van der Waals surface area contributed by atoms with Crippen molar-refractivity contribution in [2.75, 3.05) is 26.2 Å². The van der Waals surface area contributed by atoms with E-state index < -0.39 is 4.92 Å². The van der Waals surface area contributed by atoms with Gasteiger partial charge in [-0.3, -0.25) is 14.9 Å². The summed E-state index contributed by atoms with van der Waals surface area (Å²) in [6.07, 6.45) is 0.153. The molecule has 1 aliphatic rings. The van der Waals surface area contributed by atoms with Gasteiger partial charge in [-0.1, -0.05) is 11.6 Å². The van der Waals surface area contributed by atoms with Crippen LogP contribution in [0, 0.1) is 16.0 Å². The predicted octanol–water partition coefficient (Wildman–Crippen LogP) is 1.35. The molecule has 0 saturated carbocycles. The molecule has 0 aliphatic carbocycles. The lowest BCUT2D eigenvalue weighted by molar-refractivity contribution is -0.385. The fourth-order valence-electron chi connectivity index (χ4n) is 1.85. The molecule has 1 amide bonds. The van der Waals surface area contributed by atoms with Gasteiger partial charge in [-0.25, -0.2) is 0 Å². The van der Waals surface area contributed by atoms with Crippen LogP contribution in [0.15, 0.2) is 18.2 Å². The maximum Gasteiger partial charge on any atom is 0.312 e. The number of nitrogens with one attached hydrogen (secondary N) is 2. The number of amides is 1. The lowest BCUT2D eigenvalue weighted by Crippen LogP contribution is -2.48. The number of halogens is 1. The minimum atomic E-state index is -0.565. The van der Waals surface area contributed by atoms with Crippen molar-refractivity contribution in [3.05, 3.63) is 33.3 Å². The van der Waals surface area contributed by atoms with Gasteiger partial charge in [0.1, 0.15) is 0 Å². The van der Waals surface area contributed by atoms with Gasteiger partial charge in [0.2, 0.25) is 5.91 Å². The Morgan fingerprint density at radius 3 is 2.90 bits per heavy atom. The molecule has 1 aromatic carbocycles. The molecule has 0 bridgehead atoms. The van der Waals surface area contributed by atoms with Crippen molar-refractivity contribution in [3.63, 3.8) is 0 Å². The molecule has 0 radical (unpaired) electrons. The fourth-order valence-corrected chi connectivity index (χ4v) is 2.01. The number of nitrogens with zero attached hydrogens (tertiary/aromatic N) is 1. The summed E-state index contributed by atoms with van der Waals surface area (Å²) in [5.41, 5.74) is -0.205. The van der Waals surface area contributed by atoms with Crippen LogP contribution in [0.4, 0.5) is 5.69 Å². The Hall–Kier alpha value is -1.86. The molecule has 21 heavy (non-hydrogen) atoms. The van der Waals surface area contributed by atoms with E-state index in [0.717, 1.165) is 13.1 Å². The summed E-state index contributed by atoms with van der Waals surface area (Å²) in [6, 6.07) is 4.16.